The molecule has 0 unspecified atom stereocenters. The first-order chi connectivity index (χ1) is 8.81. The average Bonchev–Trinajstić information content (AvgIpc) is 2.46. The van der Waals surface area contributed by atoms with Crippen molar-refractivity contribution in [2.45, 2.75) is 6.10 Å². The highest BCUT2D eigenvalue weighted by Crippen LogP contribution is 2.25. The topological polar surface area (TPSA) is 50.2 Å². The van der Waals surface area contributed by atoms with E-state index in [4.69, 9.17) is 10.1 Å². The number of rotatable bonds is 4. The van der Waals surface area contributed by atoms with E-state index in [9.17, 15) is 4.79 Å². The van der Waals surface area contributed by atoms with Crippen molar-refractivity contribution in [2.24, 2.45) is 0 Å². The molecule has 3 nitrogen and oxygen atoms in total. The summed E-state index contributed by atoms with van der Waals surface area (Å²) in [5.41, 5.74) is 1.78. The van der Waals surface area contributed by atoms with Gasteiger partial charge in [-0.25, -0.2) is 4.79 Å². The molecular formula is C15H13NO2. The van der Waals surface area contributed by atoms with Crippen molar-refractivity contribution in [3.63, 3.8) is 0 Å². The summed E-state index contributed by atoms with van der Waals surface area (Å²) in [4.78, 5) is 11.3. The summed E-state index contributed by atoms with van der Waals surface area (Å²) in [7, 11) is 0. The van der Waals surface area contributed by atoms with E-state index in [1.807, 2.05) is 60.7 Å². The third-order valence-electron chi connectivity index (χ3n) is 2.56. The molecule has 0 aliphatic heterocycles. The van der Waals surface area contributed by atoms with Crippen LogP contribution in [0.3, 0.4) is 0 Å². The Bertz CT molecular complexity index is 483. The lowest BCUT2D eigenvalue weighted by Crippen LogP contribution is -2.13. The van der Waals surface area contributed by atoms with E-state index in [0.29, 0.717) is 6.21 Å². The summed E-state index contributed by atoms with van der Waals surface area (Å²) in [6.45, 7) is 0. The van der Waals surface area contributed by atoms with Crippen LogP contribution in [-0.4, -0.2) is 12.2 Å². The van der Waals surface area contributed by atoms with Crippen LogP contribution in [0.1, 0.15) is 17.2 Å². The largest absolute Gasteiger partial charge is 0.448 e. The van der Waals surface area contributed by atoms with Crippen LogP contribution < -0.4 is 0 Å². The Morgan fingerprint density at radius 1 is 0.944 bits per heavy atom. The number of ether oxygens (including phenoxy) is 1. The first-order valence-electron chi connectivity index (χ1n) is 5.62. The molecule has 0 saturated carbocycles. The monoisotopic (exact) mass is 239 g/mol. The van der Waals surface area contributed by atoms with Crippen molar-refractivity contribution in [1.29, 1.82) is 5.41 Å². The van der Waals surface area contributed by atoms with Crippen LogP contribution >= 0.6 is 0 Å². The Kier molecular flexibility index (Phi) is 3.86. The van der Waals surface area contributed by atoms with Crippen molar-refractivity contribution in [3.8, 4) is 0 Å². The first-order valence-corrected chi connectivity index (χ1v) is 5.62. The van der Waals surface area contributed by atoms with Gasteiger partial charge in [-0.05, 0) is 11.1 Å². The van der Waals surface area contributed by atoms with Gasteiger partial charge in [-0.1, -0.05) is 60.7 Å². The van der Waals surface area contributed by atoms with Crippen LogP contribution in [0.5, 0.6) is 0 Å². The number of esters is 1. The van der Waals surface area contributed by atoms with Crippen LogP contribution in [0, 0.1) is 5.41 Å². The number of hydrogen-bond donors (Lipinski definition) is 1. The Morgan fingerprint density at radius 3 is 1.78 bits per heavy atom. The van der Waals surface area contributed by atoms with Gasteiger partial charge in [-0.2, -0.15) is 0 Å². The van der Waals surface area contributed by atoms with E-state index in [2.05, 4.69) is 0 Å². The summed E-state index contributed by atoms with van der Waals surface area (Å²) >= 11 is 0. The third-order valence-corrected chi connectivity index (χ3v) is 2.56. The molecule has 0 aliphatic rings. The molecule has 0 amide bonds. The Hall–Kier alpha value is -2.42. The maximum absolute atomic E-state index is 11.3. The van der Waals surface area contributed by atoms with Gasteiger partial charge >= 0.3 is 5.97 Å². The highest BCUT2D eigenvalue weighted by molar-refractivity contribution is 6.21. The van der Waals surface area contributed by atoms with Crippen LogP contribution in [0.15, 0.2) is 60.7 Å². The molecule has 0 radical (unpaired) electrons. The lowest BCUT2D eigenvalue weighted by atomic mass is 10.0. The van der Waals surface area contributed by atoms with Gasteiger partial charge in [0.15, 0.2) is 6.10 Å². The summed E-state index contributed by atoms with van der Waals surface area (Å²) in [6, 6.07) is 19.0. The Labute approximate surface area is 106 Å². The molecule has 0 aromatic heterocycles. The SMILES string of the molecule is N=CC(=O)OC(c1ccccc1)c1ccccc1. The second-order valence-electron chi connectivity index (χ2n) is 3.78. The molecule has 3 heteroatoms. The molecule has 0 aliphatic carbocycles. The van der Waals surface area contributed by atoms with Crippen molar-refractivity contribution in [3.05, 3.63) is 71.8 Å². The number of carbonyl (C=O) groups is 1. The van der Waals surface area contributed by atoms with Crippen LogP contribution in [-0.2, 0) is 9.53 Å². The molecule has 2 aromatic carbocycles. The van der Waals surface area contributed by atoms with Crippen LogP contribution in [0.2, 0.25) is 0 Å². The Morgan fingerprint density at radius 2 is 1.39 bits per heavy atom. The highest BCUT2D eigenvalue weighted by atomic mass is 16.5. The van der Waals surface area contributed by atoms with Crippen molar-refractivity contribution in [1.82, 2.24) is 0 Å². The normalized spacial score (nSPS) is 10.1. The molecule has 18 heavy (non-hydrogen) atoms. The minimum absolute atomic E-state index is 0.471. The zero-order valence-electron chi connectivity index (χ0n) is 9.74. The molecular weight excluding hydrogens is 226 g/mol. The number of carbonyl (C=O) groups excluding carboxylic acids is 1. The fourth-order valence-electron chi connectivity index (χ4n) is 1.73. The highest BCUT2D eigenvalue weighted by Gasteiger charge is 2.17. The van der Waals surface area contributed by atoms with Crippen molar-refractivity contribution in [2.75, 3.05) is 0 Å². The summed E-state index contributed by atoms with van der Waals surface area (Å²) in [5.74, 6) is -0.646. The smallest absolute Gasteiger partial charge is 0.349 e. The molecule has 90 valence electrons. The molecule has 0 saturated heterocycles. The number of hydrogen-bond acceptors (Lipinski definition) is 3. The predicted molar refractivity (Wildman–Crippen MR) is 69.6 cm³/mol. The third kappa shape index (κ3) is 2.83. The zero-order valence-corrected chi connectivity index (χ0v) is 9.74. The van der Waals surface area contributed by atoms with E-state index in [0.717, 1.165) is 11.1 Å². The zero-order chi connectivity index (χ0) is 12.8. The summed E-state index contributed by atoms with van der Waals surface area (Å²) in [5, 5.41) is 6.93. The van der Waals surface area contributed by atoms with Gasteiger partial charge in [0.05, 0.1) is 0 Å². The molecule has 1 N–H and O–H groups in total. The van der Waals surface area contributed by atoms with E-state index in [1.165, 1.54) is 0 Å². The van der Waals surface area contributed by atoms with Gasteiger partial charge < -0.3 is 10.1 Å². The second kappa shape index (κ2) is 5.77. The molecule has 0 bridgehead atoms. The lowest BCUT2D eigenvalue weighted by molar-refractivity contribution is -0.138. The number of benzene rings is 2. The second-order valence-corrected chi connectivity index (χ2v) is 3.78. The van der Waals surface area contributed by atoms with Crippen LogP contribution in [0.4, 0.5) is 0 Å². The van der Waals surface area contributed by atoms with Gasteiger partial charge in [-0.3, -0.25) is 0 Å². The van der Waals surface area contributed by atoms with Crippen molar-refractivity contribution >= 4 is 12.2 Å². The van der Waals surface area contributed by atoms with Gasteiger partial charge in [0, 0.05) is 0 Å². The summed E-state index contributed by atoms with van der Waals surface area (Å²) in [6.07, 6.45) is 0.209. The van der Waals surface area contributed by atoms with Crippen molar-refractivity contribution < 1.29 is 9.53 Å². The summed E-state index contributed by atoms with van der Waals surface area (Å²) < 4.78 is 5.29. The van der Waals surface area contributed by atoms with Gasteiger partial charge in [0.2, 0.25) is 0 Å². The van der Waals surface area contributed by atoms with E-state index >= 15 is 0 Å². The fraction of sp³-hybridized carbons (Fsp3) is 0.0667. The Balaban J connectivity index is 2.35. The molecule has 0 spiro atoms. The minimum atomic E-state index is -0.646. The minimum Gasteiger partial charge on any atom is -0.448 e. The maximum atomic E-state index is 11.3. The molecule has 2 aromatic rings. The fourth-order valence-corrected chi connectivity index (χ4v) is 1.73. The standard InChI is InChI=1S/C15H13NO2/c16-11-14(17)18-15(12-7-3-1-4-8-12)13-9-5-2-6-10-13/h1-11,15-16H. The molecule has 0 atom stereocenters. The van der Waals surface area contributed by atoms with Gasteiger partial charge in [0.25, 0.3) is 0 Å². The molecule has 2 rings (SSSR count). The predicted octanol–water partition coefficient (Wildman–Crippen LogP) is 2.97. The van der Waals surface area contributed by atoms with E-state index in [-0.39, 0.29) is 0 Å². The first kappa shape index (κ1) is 12.0. The quantitative estimate of drug-likeness (QED) is 0.658. The molecule has 0 fully saturated rings. The average molecular weight is 239 g/mol. The van der Waals surface area contributed by atoms with Gasteiger partial charge in [-0.15, -0.1) is 0 Å². The van der Waals surface area contributed by atoms with Crippen LogP contribution in [0.25, 0.3) is 0 Å². The lowest BCUT2D eigenvalue weighted by Gasteiger charge is -2.17. The van der Waals surface area contributed by atoms with E-state index < -0.39 is 12.1 Å². The van der Waals surface area contributed by atoms with Gasteiger partial charge in [0.1, 0.15) is 6.21 Å². The maximum Gasteiger partial charge on any atom is 0.349 e. The molecule has 0 heterocycles. The number of nitrogens with one attached hydrogen (secondary N) is 1. The van der Waals surface area contributed by atoms with E-state index in [1.54, 1.807) is 0 Å².